The largest absolute Gasteiger partial charge is 0.450 e. The summed E-state index contributed by atoms with van der Waals surface area (Å²) in [5.41, 5.74) is 0. The predicted octanol–water partition coefficient (Wildman–Crippen LogP) is -1.31. The molecule has 0 rings (SSSR count). The van der Waals surface area contributed by atoms with Gasteiger partial charge in [-0.3, -0.25) is 0 Å². The number of ether oxygens (including phenoxy) is 1. The summed E-state index contributed by atoms with van der Waals surface area (Å²) in [5.74, 6) is 0. The molecule has 0 saturated carbocycles. The molecule has 0 unspecified atom stereocenters. The van der Waals surface area contributed by atoms with Gasteiger partial charge in [0.1, 0.15) is 0 Å². The van der Waals surface area contributed by atoms with Gasteiger partial charge < -0.3 is 15.1 Å². The van der Waals surface area contributed by atoms with Crippen LogP contribution in [0.4, 0.5) is 4.79 Å². The van der Waals surface area contributed by atoms with Gasteiger partial charge in [-0.2, -0.15) is 0 Å². The van der Waals surface area contributed by atoms with E-state index in [4.69, 9.17) is 5.40 Å². The molecule has 1 amide bonds. The second kappa shape index (κ2) is 4.60. The standard InChI is InChI=1S/C3H10N2O2Si/c1-2-7-3(6)5-8-4/h2,4,8H2,1H3,(H,5,6). The number of carbonyl (C=O) groups excluding carboxylic acids is 1. The second-order valence-corrected chi connectivity index (χ2v) is 1.86. The van der Waals surface area contributed by atoms with E-state index in [1.54, 1.807) is 6.92 Å². The molecule has 0 aromatic rings. The van der Waals surface area contributed by atoms with E-state index in [0.29, 0.717) is 6.61 Å². The Morgan fingerprint density at radius 3 is 3.00 bits per heavy atom. The maximum Gasteiger partial charge on any atom is 0.399 e. The van der Waals surface area contributed by atoms with E-state index in [1.807, 2.05) is 0 Å². The van der Waals surface area contributed by atoms with Gasteiger partial charge in [0.25, 0.3) is 0 Å². The van der Waals surface area contributed by atoms with Crippen molar-refractivity contribution in [2.24, 2.45) is 5.40 Å². The molecule has 5 heteroatoms. The Hall–Kier alpha value is -0.553. The first-order valence-electron chi connectivity index (χ1n) is 2.42. The lowest BCUT2D eigenvalue weighted by molar-refractivity contribution is 0.158. The summed E-state index contributed by atoms with van der Waals surface area (Å²) in [5, 5.41) is 5.09. The van der Waals surface area contributed by atoms with Crippen LogP contribution in [-0.4, -0.2) is 22.5 Å². The van der Waals surface area contributed by atoms with E-state index in [2.05, 4.69) is 9.72 Å². The molecule has 0 radical (unpaired) electrons. The van der Waals surface area contributed by atoms with Gasteiger partial charge in [-0.15, -0.1) is 0 Å². The first kappa shape index (κ1) is 7.45. The van der Waals surface area contributed by atoms with Crippen LogP contribution in [0.1, 0.15) is 6.92 Å². The fourth-order valence-electron chi connectivity index (χ4n) is 0.265. The van der Waals surface area contributed by atoms with Crippen molar-refractivity contribution < 1.29 is 9.53 Å². The Morgan fingerprint density at radius 1 is 2.00 bits per heavy atom. The Labute approximate surface area is 50.4 Å². The topological polar surface area (TPSA) is 64.3 Å². The summed E-state index contributed by atoms with van der Waals surface area (Å²) < 4.78 is 4.49. The van der Waals surface area contributed by atoms with Gasteiger partial charge in [-0.25, -0.2) is 4.79 Å². The summed E-state index contributed by atoms with van der Waals surface area (Å²) in [7, 11) is -0.878. The smallest absolute Gasteiger partial charge is 0.399 e. The number of carbonyl (C=O) groups is 1. The number of nitrogens with two attached hydrogens (primary N) is 1. The van der Waals surface area contributed by atoms with Crippen LogP contribution in [-0.2, 0) is 4.74 Å². The van der Waals surface area contributed by atoms with Gasteiger partial charge in [0.15, 0.2) is 9.84 Å². The number of hydrogen-bond acceptors (Lipinski definition) is 3. The maximum atomic E-state index is 10.3. The highest BCUT2D eigenvalue weighted by Crippen LogP contribution is 1.71. The zero-order chi connectivity index (χ0) is 6.41. The number of hydrogen-bond donors (Lipinski definition) is 2. The lowest BCUT2D eigenvalue weighted by atomic mass is 10.9. The summed E-state index contributed by atoms with van der Waals surface area (Å²) >= 11 is 0. The van der Waals surface area contributed by atoms with Gasteiger partial charge in [-0.05, 0) is 6.92 Å². The minimum Gasteiger partial charge on any atom is -0.450 e. The fraction of sp³-hybridized carbons (Fsp3) is 0.667. The lowest BCUT2D eigenvalue weighted by Gasteiger charge is -1.99. The molecule has 0 saturated heterocycles. The molecule has 3 N–H and O–H groups in total. The third-order valence-corrected chi connectivity index (χ3v) is 1.01. The highest BCUT2D eigenvalue weighted by Gasteiger charge is 1.93. The molecule has 0 bridgehead atoms. The van der Waals surface area contributed by atoms with Gasteiger partial charge in [0.05, 0.1) is 6.61 Å². The second-order valence-electron chi connectivity index (χ2n) is 1.10. The first-order valence-corrected chi connectivity index (χ1v) is 3.94. The molecule has 0 aliphatic rings. The molecular weight excluding hydrogens is 124 g/mol. The average Bonchev–Trinajstić information content (AvgIpc) is 1.68. The molecule has 4 nitrogen and oxygen atoms in total. The molecule has 48 valence electrons. The molecule has 0 heterocycles. The van der Waals surface area contributed by atoms with E-state index in [-0.39, 0.29) is 0 Å². The number of nitrogens with one attached hydrogen (secondary N) is 1. The van der Waals surface area contributed by atoms with Crippen molar-refractivity contribution in [3.05, 3.63) is 0 Å². The van der Waals surface area contributed by atoms with E-state index < -0.39 is 15.9 Å². The summed E-state index contributed by atoms with van der Waals surface area (Å²) in [6, 6.07) is 0. The van der Waals surface area contributed by atoms with E-state index in [9.17, 15) is 4.79 Å². The minimum absolute atomic E-state index is 0.401. The maximum absolute atomic E-state index is 10.3. The van der Waals surface area contributed by atoms with Crippen molar-refractivity contribution in [3.63, 3.8) is 0 Å². The molecule has 0 aromatic heterocycles. The van der Waals surface area contributed by atoms with Crippen LogP contribution < -0.4 is 10.4 Å². The Morgan fingerprint density at radius 2 is 2.62 bits per heavy atom. The summed E-state index contributed by atoms with van der Waals surface area (Å²) in [6.07, 6.45) is -0.401. The molecule has 0 atom stereocenters. The van der Waals surface area contributed by atoms with Crippen LogP contribution in [0.3, 0.4) is 0 Å². The highest BCUT2D eigenvalue weighted by atomic mass is 28.2. The summed E-state index contributed by atoms with van der Waals surface area (Å²) in [6.45, 7) is 2.15. The molecule has 0 aliphatic heterocycles. The van der Waals surface area contributed by atoms with Gasteiger partial charge >= 0.3 is 6.09 Å². The molecule has 8 heavy (non-hydrogen) atoms. The lowest BCUT2D eigenvalue weighted by Crippen LogP contribution is -2.33. The van der Waals surface area contributed by atoms with Crippen LogP contribution in [0.15, 0.2) is 0 Å². The number of rotatable bonds is 2. The molecule has 0 aromatic carbocycles. The quantitative estimate of drug-likeness (QED) is 0.461. The zero-order valence-electron chi connectivity index (χ0n) is 4.81. The summed E-state index contributed by atoms with van der Waals surface area (Å²) in [4.78, 5) is 12.7. The van der Waals surface area contributed by atoms with Crippen LogP contribution in [0, 0.1) is 0 Å². The van der Waals surface area contributed by atoms with Crippen LogP contribution >= 0.6 is 0 Å². The van der Waals surface area contributed by atoms with Crippen molar-refractivity contribution in [1.29, 1.82) is 0 Å². The van der Waals surface area contributed by atoms with Gasteiger partial charge in [0.2, 0.25) is 0 Å². The monoisotopic (exact) mass is 134 g/mol. The van der Waals surface area contributed by atoms with Crippen molar-refractivity contribution >= 4 is 15.9 Å². The van der Waals surface area contributed by atoms with Gasteiger partial charge in [-0.1, -0.05) is 0 Å². The SMILES string of the molecule is CCOC(=O)N[SiH2]N. The highest BCUT2D eigenvalue weighted by molar-refractivity contribution is 6.32. The third-order valence-electron chi connectivity index (χ3n) is 0.522. The van der Waals surface area contributed by atoms with Crippen LogP contribution in [0.25, 0.3) is 0 Å². The Balaban J connectivity index is 3.06. The zero-order valence-corrected chi connectivity index (χ0v) is 6.22. The molecule has 0 aliphatic carbocycles. The van der Waals surface area contributed by atoms with Crippen molar-refractivity contribution in [1.82, 2.24) is 4.98 Å². The van der Waals surface area contributed by atoms with Gasteiger partial charge in [0, 0.05) is 0 Å². The minimum atomic E-state index is -0.878. The molecule has 0 fully saturated rings. The number of amides is 1. The van der Waals surface area contributed by atoms with E-state index in [1.165, 1.54) is 0 Å². The fourth-order valence-corrected chi connectivity index (χ4v) is 0.534. The van der Waals surface area contributed by atoms with E-state index >= 15 is 0 Å². The Bertz CT molecular complexity index is 69.7. The van der Waals surface area contributed by atoms with Crippen molar-refractivity contribution in [3.8, 4) is 0 Å². The third kappa shape index (κ3) is 3.63. The van der Waals surface area contributed by atoms with E-state index in [0.717, 1.165) is 0 Å². The molecular formula is C3H10N2O2Si. The van der Waals surface area contributed by atoms with Crippen LogP contribution in [0.5, 0.6) is 0 Å². The van der Waals surface area contributed by atoms with Crippen molar-refractivity contribution in [2.45, 2.75) is 6.92 Å². The predicted molar refractivity (Wildman–Crippen MR) is 32.9 cm³/mol. The van der Waals surface area contributed by atoms with Crippen molar-refractivity contribution in [2.75, 3.05) is 6.61 Å². The first-order chi connectivity index (χ1) is 3.81. The molecule has 0 spiro atoms. The average molecular weight is 134 g/mol. The van der Waals surface area contributed by atoms with Crippen LogP contribution in [0.2, 0.25) is 0 Å². The normalized spacial score (nSPS) is 9.75. The Kier molecular flexibility index (Phi) is 4.28.